The number of rotatable bonds is 4. The molecule has 4 rings (SSSR count). The summed E-state index contributed by atoms with van der Waals surface area (Å²) < 4.78 is 6.73. The van der Waals surface area contributed by atoms with Crippen LogP contribution in [0.2, 0.25) is 0 Å². The number of carbonyl (C=O) groups excluding carboxylic acids is 2. The Balaban J connectivity index is 1.58. The van der Waals surface area contributed by atoms with E-state index in [1.54, 1.807) is 24.3 Å². The lowest BCUT2D eigenvalue weighted by Gasteiger charge is -2.10. The van der Waals surface area contributed by atoms with Crippen molar-refractivity contribution in [2.45, 2.75) is 6.54 Å². The van der Waals surface area contributed by atoms with Crippen LogP contribution in [-0.2, 0) is 11.3 Å². The number of nitrogens with one attached hydrogen (secondary N) is 2. The number of hydrogen-bond acceptors (Lipinski definition) is 6. The van der Waals surface area contributed by atoms with Crippen molar-refractivity contribution in [2.75, 3.05) is 0 Å². The van der Waals surface area contributed by atoms with E-state index >= 15 is 0 Å². The van der Waals surface area contributed by atoms with Gasteiger partial charge in [-0.3, -0.25) is 20.4 Å². The van der Waals surface area contributed by atoms with E-state index in [1.165, 1.54) is 23.6 Å². The molecule has 0 bridgehead atoms. The summed E-state index contributed by atoms with van der Waals surface area (Å²) in [5.74, 6) is -0.350. The van der Waals surface area contributed by atoms with Crippen LogP contribution in [0, 0.1) is 0 Å². The summed E-state index contributed by atoms with van der Waals surface area (Å²) >= 11 is 0. The summed E-state index contributed by atoms with van der Waals surface area (Å²) in [4.78, 5) is 32.9. The van der Waals surface area contributed by atoms with E-state index in [2.05, 4.69) is 25.9 Å². The lowest BCUT2D eigenvalue weighted by Crippen LogP contribution is -2.43. The van der Waals surface area contributed by atoms with Gasteiger partial charge in [0.25, 0.3) is 11.8 Å². The van der Waals surface area contributed by atoms with Gasteiger partial charge in [0.15, 0.2) is 5.76 Å². The number of fused-ring (bicyclic) bond motifs is 1. The summed E-state index contributed by atoms with van der Waals surface area (Å²) in [6, 6.07) is 12.4. The first-order valence-electron chi connectivity index (χ1n) is 8.06. The molecule has 2 amide bonds. The average Bonchev–Trinajstić information content (AvgIpc) is 3.39. The van der Waals surface area contributed by atoms with Gasteiger partial charge in [-0.2, -0.15) is 5.10 Å². The van der Waals surface area contributed by atoms with Gasteiger partial charge >= 0.3 is 0 Å². The summed E-state index contributed by atoms with van der Waals surface area (Å²) in [6.45, 7) is -0.0605. The van der Waals surface area contributed by atoms with Gasteiger partial charge in [-0.25, -0.2) is 14.6 Å². The highest BCUT2D eigenvalue weighted by atomic mass is 16.3. The molecule has 2 N–H and O–H groups in total. The maximum absolute atomic E-state index is 12.7. The molecular weight excluding hydrogens is 348 g/mol. The third-order valence-electron chi connectivity index (χ3n) is 3.82. The molecule has 1 aromatic carbocycles. The maximum Gasteiger partial charge on any atom is 0.270 e. The first kappa shape index (κ1) is 16.5. The monoisotopic (exact) mass is 362 g/mol. The molecule has 0 aliphatic carbocycles. The zero-order chi connectivity index (χ0) is 18.6. The molecule has 0 spiro atoms. The quantitative estimate of drug-likeness (QED) is 0.532. The summed E-state index contributed by atoms with van der Waals surface area (Å²) in [7, 11) is 0. The number of benzene rings is 1. The number of aromatic nitrogens is 4. The Hall–Kier alpha value is -4.01. The fourth-order valence-electron chi connectivity index (χ4n) is 2.61. The standard InChI is InChI=1S/C18H14N6O3/c25-17(9-24-11-19-10-20-24)22-23-18(26)13-8-15(16-6-3-7-27-16)21-14-5-2-1-4-12(13)14/h1-8,10-11H,9H2,(H,22,25)(H,23,26). The number of furan rings is 1. The number of hydrogen-bond donors (Lipinski definition) is 2. The fraction of sp³-hybridized carbons (Fsp3) is 0.0556. The molecule has 0 radical (unpaired) electrons. The van der Waals surface area contributed by atoms with Crippen molar-refractivity contribution in [1.82, 2.24) is 30.6 Å². The predicted molar refractivity (Wildman–Crippen MR) is 95.1 cm³/mol. The molecule has 0 aliphatic heterocycles. The first-order chi connectivity index (χ1) is 13.2. The molecule has 0 aliphatic rings. The van der Waals surface area contributed by atoms with Crippen LogP contribution in [0.3, 0.4) is 0 Å². The molecule has 4 aromatic rings. The smallest absolute Gasteiger partial charge is 0.270 e. The van der Waals surface area contributed by atoms with Gasteiger partial charge in [0, 0.05) is 5.39 Å². The highest BCUT2D eigenvalue weighted by molar-refractivity contribution is 6.07. The van der Waals surface area contributed by atoms with Gasteiger partial charge in [-0.15, -0.1) is 0 Å². The second-order valence-corrected chi connectivity index (χ2v) is 5.64. The Morgan fingerprint density at radius 2 is 2.00 bits per heavy atom. The molecule has 0 saturated heterocycles. The van der Waals surface area contributed by atoms with E-state index in [4.69, 9.17) is 4.42 Å². The number of carbonyl (C=O) groups is 2. The molecular formula is C18H14N6O3. The molecule has 0 unspecified atom stereocenters. The molecule has 9 heteroatoms. The third-order valence-corrected chi connectivity index (χ3v) is 3.82. The number of para-hydroxylation sites is 1. The van der Waals surface area contributed by atoms with Crippen molar-refractivity contribution < 1.29 is 14.0 Å². The summed E-state index contributed by atoms with van der Waals surface area (Å²) in [6.07, 6.45) is 4.27. The van der Waals surface area contributed by atoms with Crippen LogP contribution in [0.1, 0.15) is 10.4 Å². The molecule has 9 nitrogen and oxygen atoms in total. The van der Waals surface area contributed by atoms with E-state index in [0.717, 1.165) is 0 Å². The van der Waals surface area contributed by atoms with Crippen molar-refractivity contribution in [3.05, 3.63) is 66.9 Å². The van der Waals surface area contributed by atoms with Crippen molar-refractivity contribution in [2.24, 2.45) is 0 Å². The van der Waals surface area contributed by atoms with Crippen LogP contribution in [0.4, 0.5) is 0 Å². The van der Waals surface area contributed by atoms with Gasteiger partial charge in [-0.1, -0.05) is 18.2 Å². The first-order valence-corrected chi connectivity index (χ1v) is 8.06. The molecule has 27 heavy (non-hydrogen) atoms. The predicted octanol–water partition coefficient (Wildman–Crippen LogP) is 1.55. The second kappa shape index (κ2) is 7.08. The van der Waals surface area contributed by atoms with Crippen molar-refractivity contribution in [3.8, 4) is 11.5 Å². The number of nitrogens with zero attached hydrogens (tertiary/aromatic N) is 4. The normalized spacial score (nSPS) is 10.7. The summed E-state index contributed by atoms with van der Waals surface area (Å²) in [5, 5.41) is 4.50. The lowest BCUT2D eigenvalue weighted by atomic mass is 10.1. The van der Waals surface area contributed by atoms with Crippen LogP contribution >= 0.6 is 0 Å². The Kier molecular flexibility index (Phi) is 4.32. The van der Waals surface area contributed by atoms with Crippen LogP contribution < -0.4 is 10.9 Å². The van der Waals surface area contributed by atoms with Gasteiger partial charge in [0.2, 0.25) is 0 Å². The summed E-state index contributed by atoms with van der Waals surface area (Å²) in [5.41, 5.74) is 6.32. The molecule has 3 heterocycles. The third kappa shape index (κ3) is 3.52. The minimum atomic E-state index is -0.464. The van der Waals surface area contributed by atoms with Gasteiger partial charge in [0.05, 0.1) is 17.3 Å². The number of pyridine rings is 1. The van der Waals surface area contributed by atoms with Gasteiger partial charge in [0.1, 0.15) is 24.9 Å². The SMILES string of the molecule is O=C(Cn1cncn1)NNC(=O)c1cc(-c2ccco2)nc2ccccc12. The maximum atomic E-state index is 12.7. The van der Waals surface area contributed by atoms with Crippen LogP contribution in [-0.4, -0.2) is 31.6 Å². The minimum absolute atomic E-state index is 0.0605. The van der Waals surface area contributed by atoms with Crippen LogP contribution in [0.15, 0.2) is 65.8 Å². The topological polar surface area (TPSA) is 115 Å². The highest BCUT2D eigenvalue weighted by Crippen LogP contribution is 2.25. The fourth-order valence-corrected chi connectivity index (χ4v) is 2.61. The van der Waals surface area contributed by atoms with Crippen LogP contribution in [0.25, 0.3) is 22.4 Å². The number of hydrazine groups is 1. The van der Waals surface area contributed by atoms with E-state index < -0.39 is 11.8 Å². The Morgan fingerprint density at radius 3 is 2.78 bits per heavy atom. The zero-order valence-electron chi connectivity index (χ0n) is 14.0. The van der Waals surface area contributed by atoms with Crippen molar-refractivity contribution in [1.29, 1.82) is 0 Å². The molecule has 0 saturated carbocycles. The average molecular weight is 362 g/mol. The van der Waals surface area contributed by atoms with Crippen molar-refractivity contribution in [3.63, 3.8) is 0 Å². The molecule has 134 valence electrons. The minimum Gasteiger partial charge on any atom is -0.463 e. The molecule has 0 atom stereocenters. The lowest BCUT2D eigenvalue weighted by molar-refractivity contribution is -0.122. The van der Waals surface area contributed by atoms with Gasteiger partial charge in [-0.05, 0) is 24.3 Å². The van der Waals surface area contributed by atoms with E-state index in [1.807, 2.05) is 18.2 Å². The second-order valence-electron chi connectivity index (χ2n) is 5.64. The molecule has 0 fully saturated rings. The largest absolute Gasteiger partial charge is 0.463 e. The Labute approximate surface area is 153 Å². The van der Waals surface area contributed by atoms with E-state index in [0.29, 0.717) is 27.9 Å². The molecule has 3 aromatic heterocycles. The van der Waals surface area contributed by atoms with Gasteiger partial charge < -0.3 is 4.42 Å². The number of amides is 2. The van der Waals surface area contributed by atoms with Crippen molar-refractivity contribution >= 4 is 22.7 Å². The zero-order valence-corrected chi connectivity index (χ0v) is 14.0. The highest BCUT2D eigenvalue weighted by Gasteiger charge is 2.15. The van der Waals surface area contributed by atoms with E-state index in [-0.39, 0.29) is 6.54 Å². The van der Waals surface area contributed by atoms with E-state index in [9.17, 15) is 9.59 Å². The Morgan fingerprint density at radius 1 is 1.11 bits per heavy atom. The Bertz CT molecular complexity index is 1090. The van der Waals surface area contributed by atoms with Crippen LogP contribution in [0.5, 0.6) is 0 Å².